The topological polar surface area (TPSA) is 17.1 Å². The van der Waals surface area contributed by atoms with Gasteiger partial charge in [-0.2, -0.15) is 0 Å². The zero-order valence-electron chi connectivity index (χ0n) is 3.07. The van der Waals surface area contributed by atoms with E-state index in [0.29, 0.717) is 6.29 Å². The van der Waals surface area contributed by atoms with Gasteiger partial charge < -0.3 is 19.1 Å². The molecule has 5 heavy (non-hydrogen) atoms. The van der Waals surface area contributed by atoms with Crippen LogP contribution >= 0.6 is 0 Å². The zero-order valence-corrected chi connectivity index (χ0v) is 6.22. The van der Waals surface area contributed by atoms with E-state index < -0.39 is 0 Å². The number of aldehydes is 1. The van der Waals surface area contributed by atoms with Crippen molar-refractivity contribution < 1.29 is 19.1 Å². The Morgan fingerprint density at radius 1 is 1.60 bits per heavy atom. The van der Waals surface area contributed by atoms with Gasteiger partial charge in [-0.05, 0) is 6.29 Å². The van der Waals surface area contributed by atoms with Gasteiger partial charge in [0.15, 0.2) is 0 Å². The molecule has 0 aliphatic carbocycles. The Bertz CT molecular complexity index is 14.4. The quantitative estimate of drug-likeness (QED) is 0.469. The molecule has 0 rings (SSSR count). The average molecular weight is 301 g/mol. The minimum absolute atomic E-state index is 0. The Balaban J connectivity index is -0.0000000200. The normalized spacial score (nSPS) is 2.40. The van der Waals surface area contributed by atoms with Crippen LogP contribution in [0.4, 0.5) is 0 Å². The molecule has 2 heteroatoms. The van der Waals surface area contributed by atoms with Crippen molar-refractivity contribution in [1.82, 2.24) is 0 Å². The molecule has 0 amide bonds. The number of carbonyl (C=O) groups excluding carboxylic acids is 1. The van der Waals surface area contributed by atoms with Gasteiger partial charge in [-0.3, -0.25) is 0 Å². The van der Waals surface area contributed by atoms with Crippen molar-refractivity contribution in [3.8, 4) is 0 Å². The van der Waals surface area contributed by atoms with Crippen LogP contribution in [0, 0.1) is 28.6 Å². The van der Waals surface area contributed by atoms with Gasteiger partial charge in [0.05, 0.1) is 0 Å². The van der Waals surface area contributed by atoms with Gasteiger partial charge in [0, 0.05) is 14.3 Å². The molecule has 0 aromatic heterocycles. The van der Waals surface area contributed by atoms with Crippen LogP contribution in [0.3, 0.4) is 0 Å². The monoisotopic (exact) mass is 299 g/mol. The molecule has 0 aromatic rings. The van der Waals surface area contributed by atoms with E-state index in [1.54, 1.807) is 0 Å². The van der Waals surface area contributed by atoms with Gasteiger partial charge >= 0.3 is 0 Å². The van der Waals surface area contributed by atoms with E-state index in [2.05, 4.69) is 6.92 Å². The predicted molar refractivity (Wildman–Crippen MR) is 17.8 cm³/mol. The second-order valence-corrected chi connectivity index (χ2v) is 0.167. The van der Waals surface area contributed by atoms with Crippen LogP contribution in [-0.2, 0) is 4.79 Å². The average Bonchev–Trinajstić information content (AvgIpc) is 0.918. The molecule has 0 N–H and O–H groups in total. The molecule has 0 atom stereocenters. The first-order valence-corrected chi connectivity index (χ1v) is 0.644. The Labute approximate surface area is 40.6 Å². The summed E-state index contributed by atoms with van der Waals surface area (Å²) >= 11 is 0. The fraction of sp³-hybridized carbons (Fsp3) is 0. The van der Waals surface area contributed by atoms with Gasteiger partial charge in [-0.1, -0.05) is 0 Å². The fourth-order valence-electron chi connectivity index (χ4n) is 0. The van der Waals surface area contributed by atoms with E-state index in [9.17, 15) is 0 Å². The third-order valence-electron chi connectivity index (χ3n) is 0. The minimum atomic E-state index is 0. The minimum Gasteiger partial charge on any atom is -0.358 e. The number of rotatable bonds is 0. The smallest absolute Gasteiger partial charge is 0 e. The van der Waals surface area contributed by atoms with E-state index in [1.807, 2.05) is 0 Å². The molecule has 1 radical (unpaired) electrons. The summed E-state index contributed by atoms with van der Waals surface area (Å²) < 4.78 is 0. The summed E-state index contributed by atoms with van der Waals surface area (Å²) in [5.41, 5.74) is 0. The van der Waals surface area contributed by atoms with Crippen LogP contribution in [0.5, 0.6) is 0 Å². The van der Waals surface area contributed by atoms with Crippen LogP contribution in [0.15, 0.2) is 0 Å². The van der Waals surface area contributed by atoms with E-state index in [4.69, 9.17) is 4.79 Å². The Kier molecular flexibility index (Phi) is 160. The largest absolute Gasteiger partial charge is 0.358 e. The molecule has 0 unspecified atom stereocenters. The number of hydrogen-bond acceptors (Lipinski definition) is 1. The summed E-state index contributed by atoms with van der Waals surface area (Å²) in [4.78, 5) is 8.69. The van der Waals surface area contributed by atoms with Gasteiger partial charge in [0.25, 0.3) is 0 Å². The fourth-order valence-corrected chi connectivity index (χ4v) is 0. The standard InChI is InChI=1S/C2H3O.CH3.Am/c1-2-3;;/h2H,1H2;1H3;/q2*-1;. The molecule has 0 aliphatic heterocycles. The molecule has 1 nitrogen and oxygen atoms in total. The molecule has 33 valence electrons. The number of hydrogen-bond donors (Lipinski definition) is 0. The van der Waals surface area contributed by atoms with Gasteiger partial charge in [-0.25, -0.2) is 0 Å². The summed E-state index contributed by atoms with van der Waals surface area (Å²) in [6, 6.07) is 0. The second kappa shape index (κ2) is 39.0. The van der Waals surface area contributed by atoms with Crippen molar-refractivity contribution in [2.45, 2.75) is 0 Å². The van der Waals surface area contributed by atoms with Crippen LogP contribution in [-0.4, -0.2) is 6.29 Å². The van der Waals surface area contributed by atoms with Crippen LogP contribution < -0.4 is 0 Å². The maximum absolute atomic E-state index is 8.69. The maximum Gasteiger partial charge on any atom is 0 e. The molecule has 0 fully saturated rings. The Morgan fingerprint density at radius 3 is 1.60 bits per heavy atom. The van der Waals surface area contributed by atoms with Crippen molar-refractivity contribution >= 4 is 6.29 Å². The zero-order chi connectivity index (χ0) is 2.71. The summed E-state index contributed by atoms with van der Waals surface area (Å²) in [7, 11) is 0. The van der Waals surface area contributed by atoms with Crippen molar-refractivity contribution in [3.63, 3.8) is 0 Å². The maximum atomic E-state index is 8.69. The molecule has 0 aromatic carbocycles. The molecule has 0 bridgehead atoms. The Hall–Kier alpha value is -0.0704. The van der Waals surface area contributed by atoms with Crippen LogP contribution in [0.2, 0.25) is 0 Å². The summed E-state index contributed by atoms with van der Waals surface area (Å²) in [6.07, 6.45) is 0.500. The van der Waals surface area contributed by atoms with Crippen molar-refractivity contribution in [1.29, 1.82) is 0 Å². The van der Waals surface area contributed by atoms with Crippen molar-refractivity contribution in [2.24, 2.45) is 0 Å². The van der Waals surface area contributed by atoms with Gasteiger partial charge in [0.2, 0.25) is 0 Å². The molecular formula is C3H6AmO-2. The van der Waals surface area contributed by atoms with Gasteiger partial charge in [0.1, 0.15) is 0 Å². The van der Waals surface area contributed by atoms with Crippen LogP contribution in [0.1, 0.15) is 0 Å². The predicted octanol–water partition coefficient (Wildman–Crippen LogP) is 0.470. The van der Waals surface area contributed by atoms with Gasteiger partial charge in [-0.15, -0.1) is 0 Å². The SMILES string of the molecule is [Am].[CH2-]C=O.[CH3-]. The molecular weight excluding hydrogens is 295 g/mol. The van der Waals surface area contributed by atoms with E-state index >= 15 is 0 Å². The van der Waals surface area contributed by atoms with Crippen molar-refractivity contribution in [3.05, 3.63) is 14.4 Å². The molecule has 0 spiro atoms. The Morgan fingerprint density at radius 2 is 1.60 bits per heavy atom. The summed E-state index contributed by atoms with van der Waals surface area (Å²) in [5, 5.41) is 0. The molecule has 0 heterocycles. The first kappa shape index (κ1) is 20.4. The van der Waals surface area contributed by atoms with E-state index in [0.717, 1.165) is 0 Å². The van der Waals surface area contributed by atoms with Crippen LogP contribution in [0.25, 0.3) is 0 Å². The van der Waals surface area contributed by atoms with Crippen molar-refractivity contribution in [2.75, 3.05) is 0 Å². The first-order chi connectivity index (χ1) is 1.41. The van der Waals surface area contributed by atoms with E-state index in [-0.39, 0.29) is 21.7 Å². The molecule has 0 saturated heterocycles. The molecule has 0 saturated carbocycles. The molecule has 0 aliphatic rings. The van der Waals surface area contributed by atoms with E-state index in [1.165, 1.54) is 0 Å². The third kappa shape index (κ3) is 2950. The first-order valence-electron chi connectivity index (χ1n) is 0.644. The second-order valence-electron chi connectivity index (χ2n) is 0.167. The summed E-state index contributed by atoms with van der Waals surface area (Å²) in [6.45, 7) is 2.81. The number of carbonyl (C=O) groups is 1. The third-order valence-corrected chi connectivity index (χ3v) is 0. The summed E-state index contributed by atoms with van der Waals surface area (Å²) in [5.74, 6) is 0.